The highest BCUT2D eigenvalue weighted by molar-refractivity contribution is 5.92. The summed E-state index contributed by atoms with van der Waals surface area (Å²) >= 11 is 0. The molecule has 0 fully saturated rings. The number of nitrogens with zero attached hydrogens (tertiary/aromatic N) is 2. The summed E-state index contributed by atoms with van der Waals surface area (Å²) in [5, 5.41) is 3.34. The summed E-state index contributed by atoms with van der Waals surface area (Å²) in [5.74, 6) is 0.229. The van der Waals surface area contributed by atoms with E-state index in [1.54, 1.807) is 18.6 Å². The molecule has 0 saturated heterocycles. The van der Waals surface area contributed by atoms with Crippen molar-refractivity contribution in [3.63, 3.8) is 0 Å². The van der Waals surface area contributed by atoms with Crippen molar-refractivity contribution in [3.05, 3.63) is 30.5 Å². The number of carbonyl (C=O) groups is 1. The van der Waals surface area contributed by atoms with E-state index in [9.17, 15) is 4.79 Å². The van der Waals surface area contributed by atoms with E-state index in [-0.39, 0.29) is 5.78 Å². The van der Waals surface area contributed by atoms with Crippen molar-refractivity contribution >= 4 is 5.78 Å². The highest BCUT2D eigenvalue weighted by Gasteiger charge is 2.13. The lowest BCUT2D eigenvalue weighted by molar-refractivity contribution is -0.114. The van der Waals surface area contributed by atoms with Gasteiger partial charge in [-0.3, -0.25) is 4.79 Å². The first-order valence-electron chi connectivity index (χ1n) is 5.20. The van der Waals surface area contributed by atoms with Crippen molar-refractivity contribution in [2.24, 2.45) is 0 Å². The zero-order valence-corrected chi connectivity index (χ0v) is 8.81. The van der Waals surface area contributed by atoms with Crippen LogP contribution in [0.5, 0.6) is 0 Å². The van der Waals surface area contributed by atoms with Crippen LogP contribution in [0, 0.1) is 0 Å². The van der Waals surface area contributed by atoms with E-state index in [2.05, 4.69) is 17.2 Å². The minimum atomic E-state index is 0.229. The standard InChI is InChI=1S/C11H15N3O/c1-9(7-14-5-4-12-8-14)13-10-2-3-11(15)6-10/h4-6,8-9,13H,2-3,7H2,1H3. The van der Waals surface area contributed by atoms with Crippen LogP contribution in [-0.2, 0) is 11.3 Å². The number of hydrogen-bond donors (Lipinski definition) is 1. The number of hydrogen-bond acceptors (Lipinski definition) is 3. The summed E-state index contributed by atoms with van der Waals surface area (Å²) in [6, 6.07) is 0.316. The maximum absolute atomic E-state index is 11.0. The van der Waals surface area contributed by atoms with Crippen LogP contribution in [0.4, 0.5) is 0 Å². The average molecular weight is 205 g/mol. The Balaban J connectivity index is 1.85. The van der Waals surface area contributed by atoms with E-state index in [1.807, 2.05) is 10.8 Å². The monoisotopic (exact) mass is 205 g/mol. The molecule has 4 nitrogen and oxygen atoms in total. The Bertz CT molecular complexity index is 367. The van der Waals surface area contributed by atoms with Gasteiger partial charge in [-0.1, -0.05) is 0 Å². The first kappa shape index (κ1) is 9.96. The van der Waals surface area contributed by atoms with Gasteiger partial charge in [0.05, 0.1) is 6.33 Å². The Morgan fingerprint density at radius 1 is 1.60 bits per heavy atom. The zero-order chi connectivity index (χ0) is 10.7. The molecule has 4 heteroatoms. The molecule has 1 atom stereocenters. The molecule has 1 aliphatic carbocycles. The molecule has 0 aliphatic heterocycles. The number of allylic oxidation sites excluding steroid dienone is 2. The molecule has 0 spiro atoms. The number of nitrogens with one attached hydrogen (secondary N) is 1. The van der Waals surface area contributed by atoms with Crippen molar-refractivity contribution < 1.29 is 4.79 Å². The minimum Gasteiger partial charge on any atom is -0.384 e. The molecular weight excluding hydrogens is 190 g/mol. The highest BCUT2D eigenvalue weighted by Crippen LogP contribution is 2.12. The van der Waals surface area contributed by atoms with Crippen molar-refractivity contribution in [1.82, 2.24) is 14.9 Å². The molecule has 0 radical (unpaired) electrons. The molecule has 1 aliphatic rings. The van der Waals surface area contributed by atoms with E-state index < -0.39 is 0 Å². The Morgan fingerprint density at radius 2 is 2.47 bits per heavy atom. The summed E-state index contributed by atoms with van der Waals surface area (Å²) < 4.78 is 2.02. The summed E-state index contributed by atoms with van der Waals surface area (Å²) in [4.78, 5) is 15.0. The third kappa shape index (κ3) is 2.68. The minimum absolute atomic E-state index is 0.229. The van der Waals surface area contributed by atoms with Gasteiger partial charge in [0.2, 0.25) is 0 Å². The van der Waals surface area contributed by atoms with Crippen LogP contribution < -0.4 is 5.32 Å². The van der Waals surface area contributed by atoms with Crippen LogP contribution in [0.25, 0.3) is 0 Å². The Kier molecular flexibility index (Phi) is 2.85. The molecule has 0 saturated carbocycles. The van der Waals surface area contributed by atoms with Gasteiger partial charge in [0.25, 0.3) is 0 Å². The molecule has 15 heavy (non-hydrogen) atoms. The van der Waals surface area contributed by atoms with Gasteiger partial charge in [-0.05, 0) is 13.3 Å². The van der Waals surface area contributed by atoms with Crippen LogP contribution >= 0.6 is 0 Å². The fraction of sp³-hybridized carbons (Fsp3) is 0.455. The van der Waals surface area contributed by atoms with E-state index in [0.717, 1.165) is 18.7 Å². The van der Waals surface area contributed by atoms with Gasteiger partial charge in [0.1, 0.15) is 0 Å². The maximum atomic E-state index is 11.0. The van der Waals surface area contributed by atoms with Gasteiger partial charge < -0.3 is 9.88 Å². The first-order valence-corrected chi connectivity index (χ1v) is 5.20. The lowest BCUT2D eigenvalue weighted by Crippen LogP contribution is -2.28. The number of aromatic nitrogens is 2. The van der Waals surface area contributed by atoms with E-state index in [4.69, 9.17) is 0 Å². The Labute approximate surface area is 89.0 Å². The SMILES string of the molecule is CC(Cn1ccnc1)NC1=CC(=O)CC1. The van der Waals surface area contributed by atoms with E-state index >= 15 is 0 Å². The third-order valence-electron chi connectivity index (χ3n) is 2.45. The predicted molar refractivity (Wildman–Crippen MR) is 57.1 cm³/mol. The smallest absolute Gasteiger partial charge is 0.157 e. The van der Waals surface area contributed by atoms with Crippen LogP contribution in [0.3, 0.4) is 0 Å². The molecular formula is C11H15N3O. The fourth-order valence-corrected chi connectivity index (χ4v) is 1.78. The van der Waals surface area contributed by atoms with Gasteiger partial charge in [0, 0.05) is 43.2 Å². The largest absolute Gasteiger partial charge is 0.384 e. The van der Waals surface area contributed by atoms with Gasteiger partial charge in [-0.25, -0.2) is 4.98 Å². The summed E-state index contributed by atoms with van der Waals surface area (Å²) in [7, 11) is 0. The zero-order valence-electron chi connectivity index (χ0n) is 8.81. The van der Waals surface area contributed by atoms with Gasteiger partial charge >= 0.3 is 0 Å². The molecule has 80 valence electrons. The lowest BCUT2D eigenvalue weighted by Gasteiger charge is -2.16. The third-order valence-corrected chi connectivity index (χ3v) is 2.45. The summed E-state index contributed by atoms with van der Waals surface area (Å²) in [5.41, 5.74) is 1.06. The van der Waals surface area contributed by atoms with Crippen LogP contribution in [0.1, 0.15) is 19.8 Å². The van der Waals surface area contributed by atoms with Crippen molar-refractivity contribution in [1.29, 1.82) is 0 Å². The Morgan fingerprint density at radius 3 is 3.07 bits per heavy atom. The quantitative estimate of drug-likeness (QED) is 0.801. The molecule has 2 rings (SSSR count). The normalized spacial score (nSPS) is 17.7. The first-order chi connectivity index (χ1) is 7.24. The maximum Gasteiger partial charge on any atom is 0.157 e. The van der Waals surface area contributed by atoms with Gasteiger partial charge in [-0.2, -0.15) is 0 Å². The second kappa shape index (κ2) is 4.29. The van der Waals surface area contributed by atoms with E-state index in [0.29, 0.717) is 12.5 Å². The van der Waals surface area contributed by atoms with Crippen LogP contribution in [0.2, 0.25) is 0 Å². The molecule has 1 aromatic heterocycles. The van der Waals surface area contributed by atoms with Crippen molar-refractivity contribution in [2.75, 3.05) is 0 Å². The number of ketones is 1. The number of rotatable bonds is 4. The molecule has 0 bridgehead atoms. The molecule has 1 heterocycles. The fourth-order valence-electron chi connectivity index (χ4n) is 1.78. The molecule has 1 unspecified atom stereocenters. The average Bonchev–Trinajstić information content (AvgIpc) is 2.77. The number of imidazole rings is 1. The second-order valence-corrected chi connectivity index (χ2v) is 3.94. The highest BCUT2D eigenvalue weighted by atomic mass is 16.1. The molecule has 1 aromatic rings. The lowest BCUT2D eigenvalue weighted by atomic mass is 10.3. The summed E-state index contributed by atoms with van der Waals surface area (Å²) in [6.07, 6.45) is 8.72. The van der Waals surface area contributed by atoms with Gasteiger partial charge in [-0.15, -0.1) is 0 Å². The van der Waals surface area contributed by atoms with Crippen LogP contribution in [0.15, 0.2) is 30.5 Å². The number of carbonyl (C=O) groups excluding carboxylic acids is 1. The topological polar surface area (TPSA) is 46.9 Å². The molecule has 0 amide bonds. The van der Waals surface area contributed by atoms with Crippen molar-refractivity contribution in [2.45, 2.75) is 32.4 Å². The molecule has 0 aromatic carbocycles. The van der Waals surface area contributed by atoms with Gasteiger partial charge in [0.15, 0.2) is 5.78 Å². The summed E-state index contributed by atoms with van der Waals surface area (Å²) in [6.45, 7) is 2.97. The Hall–Kier alpha value is -1.58. The molecule has 1 N–H and O–H groups in total. The van der Waals surface area contributed by atoms with Crippen LogP contribution in [-0.4, -0.2) is 21.4 Å². The van der Waals surface area contributed by atoms with E-state index in [1.165, 1.54) is 0 Å². The second-order valence-electron chi connectivity index (χ2n) is 3.94. The van der Waals surface area contributed by atoms with Crippen molar-refractivity contribution in [3.8, 4) is 0 Å². The predicted octanol–water partition coefficient (Wildman–Crippen LogP) is 1.11.